The summed E-state index contributed by atoms with van der Waals surface area (Å²) in [5, 5.41) is 14.2. The van der Waals surface area contributed by atoms with Gasteiger partial charge in [-0.2, -0.15) is 0 Å². The highest BCUT2D eigenvalue weighted by Gasteiger charge is 2.53. The first-order valence-electron chi connectivity index (χ1n) is 19.1. The SMILES string of the molecule is CCc1c2c(nc3ccc(O[Si](c4ccccc4)(c4ccccc4)C(C)(C)C)cc13)-c1cc3c(c(=O)n1C2)COC(=O)[C@@]3(CC)OC(=O)CNC(=O)CCC(=O)O. The molecule has 7 rings (SSSR count). The molecule has 12 nitrogen and oxygen atoms in total. The molecule has 0 radical (unpaired) electrons. The molecule has 1 amide bonds. The van der Waals surface area contributed by atoms with Gasteiger partial charge in [-0.15, -0.1) is 0 Å². The molecule has 1 atom stereocenters. The molecule has 2 aliphatic heterocycles. The van der Waals surface area contributed by atoms with Crippen molar-refractivity contribution in [2.24, 2.45) is 0 Å². The quantitative estimate of drug-likeness (QED) is 0.126. The maximum Gasteiger partial charge on any atom is 0.355 e. The number of benzene rings is 3. The molecular weight excluding hydrogens is 743 g/mol. The number of esters is 2. The lowest BCUT2D eigenvalue weighted by atomic mass is 9.85. The topological polar surface area (TPSA) is 163 Å². The highest BCUT2D eigenvalue weighted by molar-refractivity contribution is 7.00. The van der Waals surface area contributed by atoms with Gasteiger partial charge in [-0.3, -0.25) is 19.2 Å². The number of carbonyl (C=O) groups excluding carboxylic acids is 3. The van der Waals surface area contributed by atoms with Crippen LogP contribution in [0.1, 0.15) is 76.1 Å². The van der Waals surface area contributed by atoms with Crippen LogP contribution >= 0.6 is 0 Å². The van der Waals surface area contributed by atoms with Crippen LogP contribution in [-0.2, 0) is 53.8 Å². The minimum absolute atomic E-state index is 0.0489. The van der Waals surface area contributed by atoms with E-state index in [1.54, 1.807) is 17.6 Å². The molecule has 2 aromatic heterocycles. The molecule has 0 fully saturated rings. The Morgan fingerprint density at radius 2 is 1.60 bits per heavy atom. The minimum Gasteiger partial charge on any atom is -0.534 e. The average molecular weight is 788 g/mol. The maximum atomic E-state index is 14.3. The van der Waals surface area contributed by atoms with Crippen molar-refractivity contribution in [3.63, 3.8) is 0 Å². The fourth-order valence-electron chi connectivity index (χ4n) is 8.30. The summed E-state index contributed by atoms with van der Waals surface area (Å²) in [6, 6.07) is 28.5. The van der Waals surface area contributed by atoms with Crippen molar-refractivity contribution in [3.8, 4) is 17.1 Å². The Kier molecular flexibility index (Phi) is 10.4. The van der Waals surface area contributed by atoms with Crippen LogP contribution in [0.4, 0.5) is 0 Å². The van der Waals surface area contributed by atoms with Crippen LogP contribution in [0.2, 0.25) is 5.04 Å². The van der Waals surface area contributed by atoms with Crippen molar-refractivity contribution in [2.45, 2.75) is 84.1 Å². The monoisotopic (exact) mass is 787 g/mol. The molecule has 4 heterocycles. The number of carboxylic acids is 1. The summed E-state index contributed by atoms with van der Waals surface area (Å²) in [6.07, 6.45) is -0.142. The second-order valence-electron chi connectivity index (χ2n) is 15.4. The zero-order chi connectivity index (χ0) is 40.7. The molecule has 0 unspecified atom stereocenters. The number of rotatable bonds is 12. The van der Waals surface area contributed by atoms with Gasteiger partial charge in [0.2, 0.25) is 11.5 Å². The van der Waals surface area contributed by atoms with Crippen molar-refractivity contribution in [1.29, 1.82) is 0 Å². The zero-order valence-electron chi connectivity index (χ0n) is 32.6. The van der Waals surface area contributed by atoms with Gasteiger partial charge in [0.25, 0.3) is 5.56 Å². The van der Waals surface area contributed by atoms with Crippen molar-refractivity contribution in [2.75, 3.05) is 6.54 Å². The number of carbonyl (C=O) groups is 4. The number of aromatic nitrogens is 2. The normalized spacial score (nSPS) is 15.9. The van der Waals surface area contributed by atoms with Crippen molar-refractivity contribution in [3.05, 3.63) is 118 Å². The van der Waals surface area contributed by atoms with Gasteiger partial charge in [-0.05, 0) is 58.1 Å². The Morgan fingerprint density at radius 1 is 0.930 bits per heavy atom. The Bertz CT molecular complexity index is 2440. The molecule has 57 heavy (non-hydrogen) atoms. The number of hydrogen-bond donors (Lipinski definition) is 2. The molecule has 2 aliphatic rings. The number of aliphatic carboxylic acids is 1. The van der Waals surface area contributed by atoms with Gasteiger partial charge < -0.3 is 28.9 Å². The maximum absolute atomic E-state index is 14.3. The van der Waals surface area contributed by atoms with Crippen LogP contribution in [0, 0.1) is 0 Å². The van der Waals surface area contributed by atoms with Gasteiger partial charge in [0.1, 0.15) is 18.9 Å². The molecule has 2 N–H and O–H groups in total. The lowest BCUT2D eigenvalue weighted by Gasteiger charge is -2.43. The number of pyridine rings is 2. The zero-order valence-corrected chi connectivity index (χ0v) is 33.6. The molecule has 5 aromatic rings. The molecule has 0 bridgehead atoms. The summed E-state index contributed by atoms with van der Waals surface area (Å²) >= 11 is 0. The number of nitrogens with one attached hydrogen (secondary N) is 1. The van der Waals surface area contributed by atoms with Crippen molar-refractivity contribution in [1.82, 2.24) is 14.9 Å². The van der Waals surface area contributed by atoms with Crippen LogP contribution in [0.25, 0.3) is 22.3 Å². The fraction of sp³-hybridized carbons (Fsp3) is 0.318. The van der Waals surface area contributed by atoms with E-state index in [0.717, 1.165) is 32.6 Å². The molecule has 0 saturated heterocycles. The predicted octanol–water partition coefficient (Wildman–Crippen LogP) is 5.11. The smallest absolute Gasteiger partial charge is 0.355 e. The molecule has 0 aliphatic carbocycles. The summed E-state index contributed by atoms with van der Waals surface area (Å²) in [4.78, 5) is 68.9. The number of ether oxygens (including phenoxy) is 2. The van der Waals surface area contributed by atoms with Crippen LogP contribution in [-0.4, -0.2) is 53.3 Å². The highest BCUT2D eigenvalue weighted by atomic mass is 28.4. The van der Waals surface area contributed by atoms with Gasteiger partial charge in [0.15, 0.2) is 0 Å². The van der Waals surface area contributed by atoms with E-state index in [1.165, 1.54) is 0 Å². The molecule has 294 valence electrons. The largest absolute Gasteiger partial charge is 0.534 e. The molecule has 13 heteroatoms. The third-order valence-electron chi connectivity index (χ3n) is 11.1. The average Bonchev–Trinajstić information content (AvgIpc) is 3.57. The number of fused-ring (bicyclic) bond motifs is 5. The first kappa shape index (κ1) is 39.2. The van der Waals surface area contributed by atoms with Gasteiger partial charge in [-0.25, -0.2) is 9.78 Å². The Balaban J connectivity index is 1.29. The van der Waals surface area contributed by atoms with E-state index in [0.29, 0.717) is 23.3 Å². The Morgan fingerprint density at radius 3 is 2.19 bits per heavy atom. The Hall–Kier alpha value is -6.08. The first-order chi connectivity index (χ1) is 27.2. The number of amides is 1. The summed E-state index contributed by atoms with van der Waals surface area (Å²) in [5.41, 5.74) is 1.76. The summed E-state index contributed by atoms with van der Waals surface area (Å²) in [5.74, 6) is -2.87. The second kappa shape index (κ2) is 15.1. The van der Waals surface area contributed by atoms with Crippen LogP contribution in [0.5, 0.6) is 5.75 Å². The first-order valence-corrected chi connectivity index (χ1v) is 21.1. The number of aryl methyl sites for hydroxylation is 1. The summed E-state index contributed by atoms with van der Waals surface area (Å²) < 4.78 is 20.2. The molecular formula is C44H45N3O9Si. The van der Waals surface area contributed by atoms with E-state index in [4.69, 9.17) is 24.0 Å². The van der Waals surface area contributed by atoms with E-state index >= 15 is 0 Å². The lowest BCUT2D eigenvalue weighted by Crippen LogP contribution is -2.68. The summed E-state index contributed by atoms with van der Waals surface area (Å²) in [6.45, 7) is 9.75. The van der Waals surface area contributed by atoms with E-state index in [-0.39, 0.29) is 47.7 Å². The highest BCUT2D eigenvalue weighted by Crippen LogP contribution is 2.43. The molecule has 0 spiro atoms. The third-order valence-corrected chi connectivity index (χ3v) is 16.0. The molecule has 0 saturated carbocycles. The van der Waals surface area contributed by atoms with Crippen LogP contribution < -0.4 is 25.7 Å². The molecule has 3 aromatic carbocycles. The number of hydrogen-bond acceptors (Lipinski definition) is 9. The van der Waals surface area contributed by atoms with Gasteiger partial charge in [0.05, 0.1) is 35.4 Å². The van der Waals surface area contributed by atoms with Crippen LogP contribution in [0.15, 0.2) is 89.7 Å². The standard InChI is InChI=1S/C44H45N3O9Si/c1-6-30-31-22-27(56-57(43(3,4)5,28-14-10-8-11-15-28)29-16-12-9-13-17-29)18-19-35(31)46-40-32(30)25-47-36(40)23-34-33(41(47)52)26-54-42(53)44(34,7-2)55-39(51)24-45-37(48)20-21-38(49)50/h8-19,22-23H,6-7,20-21,24-26H2,1-5H3,(H,45,48)(H,49,50)/t44-/m0/s1. The number of cyclic esters (lactones) is 1. The Labute approximate surface area is 330 Å². The van der Waals surface area contributed by atoms with Gasteiger partial charge in [0, 0.05) is 22.9 Å². The fourth-order valence-corrected chi connectivity index (χ4v) is 12.7. The van der Waals surface area contributed by atoms with E-state index in [9.17, 15) is 24.0 Å². The third kappa shape index (κ3) is 6.79. The van der Waals surface area contributed by atoms with Crippen LogP contribution in [0.3, 0.4) is 0 Å². The number of nitrogens with zero attached hydrogens (tertiary/aromatic N) is 2. The van der Waals surface area contributed by atoms with E-state index in [1.807, 2.05) is 24.3 Å². The van der Waals surface area contributed by atoms with E-state index in [2.05, 4.69) is 87.6 Å². The summed E-state index contributed by atoms with van der Waals surface area (Å²) in [7, 11) is -2.94. The van der Waals surface area contributed by atoms with Crippen molar-refractivity contribution < 1.29 is 38.2 Å². The van der Waals surface area contributed by atoms with Gasteiger partial charge >= 0.3 is 26.2 Å². The van der Waals surface area contributed by atoms with Crippen molar-refractivity contribution >= 4 is 53.4 Å². The van der Waals surface area contributed by atoms with E-state index < -0.39 is 50.7 Å². The number of carboxylic acid groups (broad SMARTS) is 1. The predicted molar refractivity (Wildman–Crippen MR) is 216 cm³/mol. The minimum atomic E-state index is -2.94. The lowest BCUT2D eigenvalue weighted by molar-refractivity contribution is -0.189. The van der Waals surface area contributed by atoms with Gasteiger partial charge in [-0.1, -0.05) is 95.3 Å². The second-order valence-corrected chi connectivity index (χ2v) is 19.7.